The molecule has 0 aliphatic carbocycles. The van der Waals surface area contributed by atoms with Crippen LogP contribution in [0.1, 0.15) is 11.3 Å². The maximum absolute atomic E-state index is 11.2. The largest absolute Gasteiger partial charge is 0.465 e. The molecule has 0 fully saturated rings. The fraction of sp³-hybridized carbons (Fsp3) is 0. The van der Waals surface area contributed by atoms with E-state index >= 15 is 0 Å². The Balaban J connectivity index is 2.15. The first-order valence-electron chi connectivity index (χ1n) is 5.65. The number of benzene rings is 1. The van der Waals surface area contributed by atoms with Crippen LogP contribution < -0.4 is 0 Å². The second kappa shape index (κ2) is 4.37. The number of aldehydes is 1. The van der Waals surface area contributed by atoms with Crippen LogP contribution in [0.15, 0.2) is 53.3 Å². The van der Waals surface area contributed by atoms with Gasteiger partial charge < -0.3 is 9.40 Å². The molecule has 0 aliphatic rings. The zero-order chi connectivity index (χ0) is 12.4. The van der Waals surface area contributed by atoms with Gasteiger partial charge in [0.25, 0.3) is 0 Å². The van der Waals surface area contributed by atoms with Gasteiger partial charge >= 0.3 is 0 Å². The molecule has 3 heteroatoms. The third-order valence-electron chi connectivity index (χ3n) is 2.87. The highest BCUT2D eigenvalue weighted by atomic mass is 16.3. The van der Waals surface area contributed by atoms with Crippen LogP contribution in [0.3, 0.4) is 0 Å². The van der Waals surface area contributed by atoms with Crippen LogP contribution >= 0.6 is 0 Å². The summed E-state index contributed by atoms with van der Waals surface area (Å²) in [5.41, 5.74) is 2.50. The predicted molar refractivity (Wildman–Crippen MR) is 70.9 cm³/mol. The van der Waals surface area contributed by atoms with E-state index in [1.807, 2.05) is 36.5 Å². The number of H-pyrrole nitrogens is 1. The number of carbonyl (C=O) groups excluding carboxylic acids is 1. The first-order chi connectivity index (χ1) is 8.88. The number of fused-ring (bicyclic) bond motifs is 1. The second-order valence-corrected chi connectivity index (χ2v) is 3.98. The summed E-state index contributed by atoms with van der Waals surface area (Å²) in [5.74, 6) is 0.669. The smallest absolute Gasteiger partial charge is 0.150 e. The van der Waals surface area contributed by atoms with E-state index in [2.05, 4.69) is 4.98 Å². The van der Waals surface area contributed by atoms with E-state index in [1.165, 1.54) is 0 Å². The van der Waals surface area contributed by atoms with Crippen LogP contribution in [0.2, 0.25) is 0 Å². The van der Waals surface area contributed by atoms with Crippen molar-refractivity contribution in [2.75, 3.05) is 0 Å². The number of hydrogen-bond acceptors (Lipinski definition) is 2. The summed E-state index contributed by atoms with van der Waals surface area (Å²) in [4.78, 5) is 14.4. The molecular weight excluding hydrogens is 226 g/mol. The highest BCUT2D eigenvalue weighted by Crippen LogP contribution is 2.25. The number of nitrogens with one attached hydrogen (secondary N) is 1. The molecule has 2 heterocycles. The molecule has 0 spiro atoms. The molecule has 18 heavy (non-hydrogen) atoms. The third kappa shape index (κ3) is 1.76. The van der Waals surface area contributed by atoms with Crippen LogP contribution in [0, 0.1) is 0 Å². The lowest BCUT2D eigenvalue weighted by atomic mass is 10.1. The fourth-order valence-corrected chi connectivity index (χ4v) is 2.01. The minimum Gasteiger partial charge on any atom is -0.465 e. The average Bonchev–Trinajstić information content (AvgIpc) is 3.05. The molecule has 0 saturated carbocycles. The molecule has 0 atom stereocenters. The van der Waals surface area contributed by atoms with E-state index in [1.54, 1.807) is 18.4 Å². The highest BCUT2D eigenvalue weighted by Gasteiger charge is 2.08. The van der Waals surface area contributed by atoms with Gasteiger partial charge in [0, 0.05) is 28.2 Å². The van der Waals surface area contributed by atoms with Crippen LogP contribution in [0.4, 0.5) is 0 Å². The molecule has 3 nitrogen and oxygen atoms in total. The standard InChI is InChI=1S/C15H11NO2/c17-10-11(8-12-4-3-7-18-12)14-9-16-15-6-2-1-5-13(14)15/h1-10,16H/b11-8-. The highest BCUT2D eigenvalue weighted by molar-refractivity contribution is 6.17. The monoisotopic (exact) mass is 237 g/mol. The van der Waals surface area contributed by atoms with Crippen LogP contribution in [-0.2, 0) is 4.79 Å². The Bertz CT molecular complexity index is 705. The summed E-state index contributed by atoms with van der Waals surface area (Å²) in [6.07, 6.45) is 6.01. The number of rotatable bonds is 3. The van der Waals surface area contributed by atoms with E-state index in [0.717, 1.165) is 22.8 Å². The Labute approximate surface area is 104 Å². The van der Waals surface area contributed by atoms with Gasteiger partial charge in [0.05, 0.1) is 6.26 Å². The van der Waals surface area contributed by atoms with Crippen molar-refractivity contribution in [1.82, 2.24) is 4.98 Å². The number of para-hydroxylation sites is 1. The maximum atomic E-state index is 11.2. The van der Waals surface area contributed by atoms with Crippen LogP contribution in [-0.4, -0.2) is 11.3 Å². The lowest BCUT2D eigenvalue weighted by molar-refractivity contribution is -0.103. The van der Waals surface area contributed by atoms with Crippen LogP contribution in [0.5, 0.6) is 0 Å². The molecule has 2 aromatic heterocycles. The first-order valence-corrected chi connectivity index (χ1v) is 5.65. The van der Waals surface area contributed by atoms with Gasteiger partial charge in [-0.2, -0.15) is 0 Å². The molecule has 1 aromatic carbocycles. The maximum Gasteiger partial charge on any atom is 0.150 e. The molecule has 3 rings (SSSR count). The van der Waals surface area contributed by atoms with E-state index in [4.69, 9.17) is 4.42 Å². The molecule has 0 radical (unpaired) electrons. The number of hydrogen-bond donors (Lipinski definition) is 1. The molecule has 0 saturated heterocycles. The number of aromatic nitrogens is 1. The van der Waals surface area contributed by atoms with Crippen molar-refractivity contribution in [2.45, 2.75) is 0 Å². The third-order valence-corrected chi connectivity index (χ3v) is 2.87. The number of furan rings is 1. The summed E-state index contributed by atoms with van der Waals surface area (Å²) in [6.45, 7) is 0. The van der Waals surface area contributed by atoms with Gasteiger partial charge in [-0.15, -0.1) is 0 Å². The van der Waals surface area contributed by atoms with Gasteiger partial charge in [-0.3, -0.25) is 4.79 Å². The normalized spacial score (nSPS) is 11.9. The SMILES string of the molecule is O=C/C(=C/c1ccco1)c1c[nH]c2ccccc12. The van der Waals surface area contributed by atoms with Gasteiger partial charge in [0.15, 0.2) is 6.29 Å². The summed E-state index contributed by atoms with van der Waals surface area (Å²) >= 11 is 0. The van der Waals surface area contributed by atoms with Gasteiger partial charge in [-0.1, -0.05) is 18.2 Å². The lowest BCUT2D eigenvalue weighted by Crippen LogP contribution is -1.83. The summed E-state index contributed by atoms with van der Waals surface area (Å²) in [7, 11) is 0. The number of aromatic amines is 1. The molecular formula is C15H11NO2. The van der Waals surface area contributed by atoms with Crippen molar-refractivity contribution in [2.24, 2.45) is 0 Å². The number of carbonyl (C=O) groups is 1. The topological polar surface area (TPSA) is 46.0 Å². The molecule has 0 aliphatic heterocycles. The van der Waals surface area contributed by atoms with Crippen molar-refractivity contribution >= 4 is 28.8 Å². The molecule has 0 unspecified atom stereocenters. The average molecular weight is 237 g/mol. The van der Waals surface area contributed by atoms with E-state index in [0.29, 0.717) is 11.3 Å². The minimum absolute atomic E-state index is 0.599. The first kappa shape index (κ1) is 10.6. The molecule has 3 aromatic rings. The molecule has 0 bridgehead atoms. The Morgan fingerprint density at radius 2 is 2.06 bits per heavy atom. The Morgan fingerprint density at radius 1 is 1.17 bits per heavy atom. The molecule has 0 amide bonds. The van der Waals surface area contributed by atoms with E-state index in [-0.39, 0.29) is 0 Å². The van der Waals surface area contributed by atoms with Gasteiger partial charge in [0.2, 0.25) is 0 Å². The van der Waals surface area contributed by atoms with Gasteiger partial charge in [0.1, 0.15) is 5.76 Å². The van der Waals surface area contributed by atoms with E-state index in [9.17, 15) is 4.79 Å². The fourth-order valence-electron chi connectivity index (χ4n) is 2.01. The Kier molecular flexibility index (Phi) is 2.57. The van der Waals surface area contributed by atoms with Gasteiger partial charge in [-0.05, 0) is 24.3 Å². The second-order valence-electron chi connectivity index (χ2n) is 3.98. The quantitative estimate of drug-likeness (QED) is 0.559. The van der Waals surface area contributed by atoms with Gasteiger partial charge in [-0.25, -0.2) is 0 Å². The summed E-state index contributed by atoms with van der Waals surface area (Å²) < 4.78 is 5.23. The predicted octanol–water partition coefficient (Wildman–Crippen LogP) is 3.50. The summed E-state index contributed by atoms with van der Waals surface area (Å²) in [6, 6.07) is 11.5. The van der Waals surface area contributed by atoms with Crippen molar-refractivity contribution in [3.8, 4) is 0 Å². The minimum atomic E-state index is 0.599. The zero-order valence-corrected chi connectivity index (χ0v) is 9.59. The molecule has 88 valence electrons. The van der Waals surface area contributed by atoms with Crippen molar-refractivity contribution < 1.29 is 9.21 Å². The Hall–Kier alpha value is -2.55. The van der Waals surface area contributed by atoms with Crippen LogP contribution in [0.25, 0.3) is 22.6 Å². The lowest BCUT2D eigenvalue weighted by Gasteiger charge is -1.97. The summed E-state index contributed by atoms with van der Waals surface area (Å²) in [5, 5.41) is 1.03. The van der Waals surface area contributed by atoms with Crippen molar-refractivity contribution in [3.05, 3.63) is 60.2 Å². The Morgan fingerprint density at radius 3 is 2.83 bits per heavy atom. The zero-order valence-electron chi connectivity index (χ0n) is 9.59. The van der Waals surface area contributed by atoms with Crippen molar-refractivity contribution in [1.29, 1.82) is 0 Å². The number of allylic oxidation sites excluding steroid dienone is 1. The van der Waals surface area contributed by atoms with E-state index < -0.39 is 0 Å². The van der Waals surface area contributed by atoms with Crippen molar-refractivity contribution in [3.63, 3.8) is 0 Å². The molecule has 1 N–H and O–H groups in total.